The van der Waals surface area contributed by atoms with Gasteiger partial charge in [-0.25, -0.2) is 4.98 Å². The molecule has 0 amide bonds. The van der Waals surface area contributed by atoms with E-state index in [1.54, 1.807) is 0 Å². The van der Waals surface area contributed by atoms with Gasteiger partial charge in [-0.05, 0) is 39.3 Å². The van der Waals surface area contributed by atoms with Gasteiger partial charge in [0.15, 0.2) is 0 Å². The van der Waals surface area contributed by atoms with Gasteiger partial charge in [-0.3, -0.25) is 4.68 Å². The minimum Gasteiger partial charge on any atom is -0.335 e. The first-order valence-corrected chi connectivity index (χ1v) is 8.18. The third kappa shape index (κ3) is 3.45. The highest BCUT2D eigenvalue weighted by Gasteiger charge is 2.10. The van der Waals surface area contributed by atoms with Crippen LogP contribution in [0.15, 0.2) is 30.6 Å². The van der Waals surface area contributed by atoms with Gasteiger partial charge in [0, 0.05) is 44.0 Å². The molecule has 2 aromatic heterocycles. The molecular formula is C18H25N5. The fraction of sp³-hybridized carbons (Fsp3) is 0.444. The zero-order chi connectivity index (χ0) is 16.4. The van der Waals surface area contributed by atoms with Crippen molar-refractivity contribution in [2.75, 3.05) is 0 Å². The number of fused-ring (bicyclic) bond motifs is 1. The standard InChI is InChI=1S/C18H25N5/c1-13-5-6-18-16(11-13)17(21-22(18)4)12-20-14(2)7-9-23-10-8-19-15(23)3/h5-6,8,10-11,14,20H,7,9,12H2,1-4H3/t14-/m0/s1. The molecule has 0 fully saturated rings. The van der Waals surface area contributed by atoms with E-state index in [0.29, 0.717) is 6.04 Å². The Morgan fingerprint density at radius 3 is 2.83 bits per heavy atom. The molecule has 3 aromatic rings. The Labute approximate surface area is 137 Å². The molecule has 0 aliphatic heterocycles. The van der Waals surface area contributed by atoms with Gasteiger partial charge in [0.05, 0.1) is 11.2 Å². The maximum absolute atomic E-state index is 4.67. The summed E-state index contributed by atoms with van der Waals surface area (Å²) in [7, 11) is 2.01. The Morgan fingerprint density at radius 1 is 1.26 bits per heavy atom. The van der Waals surface area contributed by atoms with Crippen molar-refractivity contribution in [1.82, 2.24) is 24.6 Å². The zero-order valence-corrected chi connectivity index (χ0v) is 14.4. The quantitative estimate of drug-likeness (QED) is 0.761. The molecule has 0 saturated heterocycles. The molecule has 0 aliphatic carbocycles. The van der Waals surface area contributed by atoms with Crippen LogP contribution in [0.25, 0.3) is 10.9 Å². The summed E-state index contributed by atoms with van der Waals surface area (Å²) in [6.45, 7) is 8.18. The molecule has 0 radical (unpaired) electrons. The van der Waals surface area contributed by atoms with Gasteiger partial charge in [-0.2, -0.15) is 5.10 Å². The van der Waals surface area contributed by atoms with E-state index >= 15 is 0 Å². The second kappa shape index (κ2) is 6.54. The first-order valence-electron chi connectivity index (χ1n) is 8.18. The highest BCUT2D eigenvalue weighted by atomic mass is 15.3. The predicted molar refractivity (Wildman–Crippen MR) is 93.3 cm³/mol. The average Bonchev–Trinajstić information content (AvgIpc) is 3.06. The van der Waals surface area contributed by atoms with Gasteiger partial charge in [-0.1, -0.05) is 11.6 Å². The number of aromatic nitrogens is 4. The second-order valence-corrected chi connectivity index (χ2v) is 6.33. The Hall–Kier alpha value is -2.14. The van der Waals surface area contributed by atoms with Gasteiger partial charge < -0.3 is 9.88 Å². The Balaban J connectivity index is 1.62. The van der Waals surface area contributed by atoms with Crippen LogP contribution in [0, 0.1) is 13.8 Å². The monoisotopic (exact) mass is 311 g/mol. The van der Waals surface area contributed by atoms with Crippen LogP contribution in [0.3, 0.4) is 0 Å². The summed E-state index contributed by atoms with van der Waals surface area (Å²) in [6.07, 6.45) is 4.97. The summed E-state index contributed by atoms with van der Waals surface area (Å²) in [6, 6.07) is 6.93. The van der Waals surface area contributed by atoms with Crippen LogP contribution in [-0.2, 0) is 20.1 Å². The third-order valence-electron chi connectivity index (χ3n) is 4.43. The van der Waals surface area contributed by atoms with Gasteiger partial charge in [0.25, 0.3) is 0 Å². The summed E-state index contributed by atoms with van der Waals surface area (Å²) in [5.74, 6) is 1.07. The first-order chi connectivity index (χ1) is 11.0. The molecule has 1 atom stereocenters. The van der Waals surface area contributed by atoms with Crippen molar-refractivity contribution in [2.45, 2.75) is 46.3 Å². The minimum atomic E-state index is 0.429. The van der Waals surface area contributed by atoms with Crippen LogP contribution in [0.5, 0.6) is 0 Å². The summed E-state index contributed by atoms with van der Waals surface area (Å²) in [5, 5.41) is 9.51. The molecule has 5 heteroatoms. The molecule has 2 heterocycles. The average molecular weight is 311 g/mol. The van der Waals surface area contributed by atoms with Gasteiger partial charge in [-0.15, -0.1) is 0 Å². The van der Waals surface area contributed by atoms with Crippen LogP contribution >= 0.6 is 0 Å². The highest BCUT2D eigenvalue weighted by Crippen LogP contribution is 2.19. The van der Waals surface area contributed by atoms with Gasteiger partial charge >= 0.3 is 0 Å². The molecule has 3 rings (SSSR count). The van der Waals surface area contributed by atoms with Crippen LogP contribution in [0.2, 0.25) is 0 Å². The van der Waals surface area contributed by atoms with E-state index < -0.39 is 0 Å². The smallest absolute Gasteiger partial charge is 0.105 e. The van der Waals surface area contributed by atoms with E-state index in [4.69, 9.17) is 0 Å². The molecule has 5 nitrogen and oxygen atoms in total. The molecule has 23 heavy (non-hydrogen) atoms. The van der Waals surface area contributed by atoms with Crippen molar-refractivity contribution in [3.8, 4) is 0 Å². The van der Waals surface area contributed by atoms with Crippen molar-refractivity contribution in [1.29, 1.82) is 0 Å². The minimum absolute atomic E-state index is 0.429. The molecule has 0 bridgehead atoms. The predicted octanol–water partition coefficient (Wildman–Crippen LogP) is 2.96. The lowest BCUT2D eigenvalue weighted by Crippen LogP contribution is -2.27. The number of hydrogen-bond donors (Lipinski definition) is 1. The molecule has 0 aliphatic rings. The Bertz CT molecular complexity index is 799. The van der Waals surface area contributed by atoms with Crippen molar-refractivity contribution in [2.24, 2.45) is 7.05 Å². The largest absolute Gasteiger partial charge is 0.335 e. The van der Waals surface area contributed by atoms with Crippen LogP contribution in [0.4, 0.5) is 0 Å². The zero-order valence-electron chi connectivity index (χ0n) is 14.4. The van der Waals surface area contributed by atoms with Crippen LogP contribution < -0.4 is 5.32 Å². The highest BCUT2D eigenvalue weighted by molar-refractivity contribution is 5.82. The van der Waals surface area contributed by atoms with Crippen molar-refractivity contribution >= 4 is 10.9 Å². The summed E-state index contributed by atoms with van der Waals surface area (Å²) in [5.41, 5.74) is 3.58. The Morgan fingerprint density at radius 2 is 2.09 bits per heavy atom. The molecule has 1 aromatic carbocycles. The van der Waals surface area contributed by atoms with Crippen LogP contribution in [0.1, 0.15) is 30.4 Å². The number of rotatable bonds is 6. The number of benzene rings is 1. The number of hydrogen-bond acceptors (Lipinski definition) is 3. The lowest BCUT2D eigenvalue weighted by atomic mass is 10.1. The molecule has 0 spiro atoms. The molecule has 0 unspecified atom stereocenters. The third-order valence-corrected chi connectivity index (χ3v) is 4.43. The number of nitrogens with one attached hydrogen (secondary N) is 1. The maximum atomic E-state index is 4.67. The first kappa shape index (κ1) is 15.7. The van der Waals surface area contributed by atoms with E-state index in [9.17, 15) is 0 Å². The summed E-state index contributed by atoms with van der Waals surface area (Å²) >= 11 is 0. The molecule has 122 valence electrons. The second-order valence-electron chi connectivity index (χ2n) is 6.33. The SMILES string of the molecule is Cc1ccc2c(c1)c(CN[C@@H](C)CCn1ccnc1C)nn2C. The molecule has 0 saturated carbocycles. The fourth-order valence-electron chi connectivity index (χ4n) is 2.93. The fourth-order valence-corrected chi connectivity index (χ4v) is 2.93. The van der Waals surface area contributed by atoms with E-state index in [1.165, 1.54) is 16.5 Å². The molecule has 1 N–H and O–H groups in total. The number of nitrogens with zero attached hydrogens (tertiary/aromatic N) is 4. The van der Waals surface area contributed by atoms with Gasteiger partial charge in [0.1, 0.15) is 5.82 Å². The van der Waals surface area contributed by atoms with Crippen molar-refractivity contribution in [3.05, 3.63) is 47.7 Å². The van der Waals surface area contributed by atoms with Crippen molar-refractivity contribution in [3.63, 3.8) is 0 Å². The molecular weight excluding hydrogens is 286 g/mol. The van der Waals surface area contributed by atoms with Crippen molar-refractivity contribution < 1.29 is 0 Å². The maximum Gasteiger partial charge on any atom is 0.105 e. The Kier molecular flexibility index (Phi) is 4.48. The number of aryl methyl sites for hydroxylation is 4. The normalized spacial score (nSPS) is 12.9. The van der Waals surface area contributed by atoms with E-state index in [0.717, 1.165) is 31.0 Å². The van der Waals surface area contributed by atoms with Crippen LogP contribution in [-0.4, -0.2) is 25.4 Å². The summed E-state index contributed by atoms with van der Waals surface area (Å²) < 4.78 is 4.16. The lowest BCUT2D eigenvalue weighted by Gasteiger charge is -2.14. The topological polar surface area (TPSA) is 47.7 Å². The van der Waals surface area contributed by atoms with Gasteiger partial charge in [0.2, 0.25) is 0 Å². The summed E-state index contributed by atoms with van der Waals surface area (Å²) in [4.78, 5) is 4.26. The van der Waals surface area contributed by atoms with E-state index in [-0.39, 0.29) is 0 Å². The number of imidazole rings is 1. The van der Waals surface area contributed by atoms with E-state index in [1.807, 2.05) is 31.0 Å². The lowest BCUT2D eigenvalue weighted by molar-refractivity contribution is 0.468. The van der Waals surface area contributed by atoms with E-state index in [2.05, 4.69) is 52.0 Å².